The highest BCUT2D eigenvalue weighted by Crippen LogP contribution is 2.26. The van der Waals surface area contributed by atoms with Crippen LogP contribution in [0.5, 0.6) is 0 Å². The van der Waals surface area contributed by atoms with E-state index in [-0.39, 0.29) is 10.6 Å². The lowest BCUT2D eigenvalue weighted by Crippen LogP contribution is -2.14. The Morgan fingerprint density at radius 3 is 2.50 bits per heavy atom. The van der Waals surface area contributed by atoms with Crippen molar-refractivity contribution in [1.29, 1.82) is 0 Å². The van der Waals surface area contributed by atoms with E-state index >= 15 is 0 Å². The monoisotopic (exact) mass is 222 g/mol. The molecule has 1 aromatic carbocycles. The van der Waals surface area contributed by atoms with Gasteiger partial charge in [-0.05, 0) is 17.7 Å². The van der Waals surface area contributed by atoms with Crippen LogP contribution in [0.25, 0.3) is 0 Å². The standard InChI is InChI=1S/C10H12N2O2.C2H6/c1-2-11-6-8-3-4-10(12(13)14)5-9(8)7-11;1-2/h3-5H,2,6-7H2,1H3;1-2H3. The summed E-state index contributed by atoms with van der Waals surface area (Å²) < 4.78 is 0. The molecular formula is C12H18N2O2. The van der Waals surface area contributed by atoms with Crippen LogP contribution in [0.2, 0.25) is 0 Å². The van der Waals surface area contributed by atoms with Gasteiger partial charge in [0.1, 0.15) is 0 Å². The van der Waals surface area contributed by atoms with E-state index in [1.165, 1.54) is 5.56 Å². The molecule has 88 valence electrons. The Morgan fingerprint density at radius 2 is 1.94 bits per heavy atom. The van der Waals surface area contributed by atoms with E-state index in [1.807, 2.05) is 19.9 Å². The molecule has 1 aliphatic heterocycles. The van der Waals surface area contributed by atoms with Crippen LogP contribution in [-0.2, 0) is 13.1 Å². The maximum atomic E-state index is 10.5. The summed E-state index contributed by atoms with van der Waals surface area (Å²) in [7, 11) is 0. The predicted octanol–water partition coefficient (Wildman–Crippen LogP) is 2.96. The van der Waals surface area contributed by atoms with E-state index in [2.05, 4.69) is 11.8 Å². The number of hydrogen-bond acceptors (Lipinski definition) is 3. The molecular weight excluding hydrogens is 204 g/mol. The van der Waals surface area contributed by atoms with Gasteiger partial charge in [0.05, 0.1) is 4.92 Å². The Morgan fingerprint density at radius 1 is 1.31 bits per heavy atom. The maximum absolute atomic E-state index is 10.5. The normalized spacial score (nSPS) is 13.9. The lowest BCUT2D eigenvalue weighted by molar-refractivity contribution is -0.384. The largest absolute Gasteiger partial charge is 0.295 e. The zero-order valence-corrected chi connectivity index (χ0v) is 10.1. The Labute approximate surface area is 96.0 Å². The average molecular weight is 222 g/mol. The highest BCUT2D eigenvalue weighted by atomic mass is 16.6. The molecule has 0 saturated carbocycles. The molecule has 1 aliphatic rings. The molecule has 0 fully saturated rings. The van der Waals surface area contributed by atoms with E-state index in [0.717, 1.165) is 25.2 Å². The first-order chi connectivity index (χ1) is 7.70. The first-order valence-electron chi connectivity index (χ1n) is 5.69. The zero-order chi connectivity index (χ0) is 12.1. The number of rotatable bonds is 2. The number of benzene rings is 1. The van der Waals surface area contributed by atoms with Gasteiger partial charge in [0.15, 0.2) is 0 Å². The number of hydrogen-bond donors (Lipinski definition) is 0. The molecule has 0 aliphatic carbocycles. The fourth-order valence-electron chi connectivity index (χ4n) is 1.79. The van der Waals surface area contributed by atoms with Crippen molar-refractivity contribution in [2.45, 2.75) is 33.9 Å². The Bertz CT molecular complexity index is 377. The molecule has 0 aromatic heterocycles. The Kier molecular flexibility index (Phi) is 4.43. The predicted molar refractivity (Wildman–Crippen MR) is 64.2 cm³/mol. The van der Waals surface area contributed by atoms with Crippen LogP contribution in [0.15, 0.2) is 18.2 Å². The number of fused-ring (bicyclic) bond motifs is 1. The lowest BCUT2D eigenvalue weighted by Gasteiger charge is -2.09. The Balaban J connectivity index is 0.000000606. The topological polar surface area (TPSA) is 46.4 Å². The van der Waals surface area contributed by atoms with Crippen LogP contribution >= 0.6 is 0 Å². The highest BCUT2D eigenvalue weighted by molar-refractivity contribution is 5.41. The van der Waals surface area contributed by atoms with Crippen LogP contribution in [0.3, 0.4) is 0 Å². The molecule has 0 unspecified atom stereocenters. The smallest absolute Gasteiger partial charge is 0.269 e. The minimum atomic E-state index is -0.338. The van der Waals surface area contributed by atoms with Gasteiger partial charge in [-0.1, -0.05) is 26.8 Å². The number of non-ortho nitro benzene ring substituents is 1. The first kappa shape index (κ1) is 12.6. The minimum Gasteiger partial charge on any atom is -0.295 e. The SMILES string of the molecule is CC.CCN1Cc2ccc([N+](=O)[O-])cc2C1. The van der Waals surface area contributed by atoms with Crippen molar-refractivity contribution in [3.63, 3.8) is 0 Å². The second kappa shape index (κ2) is 5.61. The summed E-state index contributed by atoms with van der Waals surface area (Å²) in [5.74, 6) is 0. The van der Waals surface area contributed by atoms with E-state index in [0.29, 0.717) is 0 Å². The van der Waals surface area contributed by atoms with Gasteiger partial charge >= 0.3 is 0 Å². The average Bonchev–Trinajstić information content (AvgIpc) is 2.73. The maximum Gasteiger partial charge on any atom is 0.269 e. The van der Waals surface area contributed by atoms with E-state index in [4.69, 9.17) is 0 Å². The van der Waals surface area contributed by atoms with E-state index in [9.17, 15) is 10.1 Å². The van der Waals surface area contributed by atoms with Crippen molar-refractivity contribution in [3.05, 3.63) is 39.4 Å². The van der Waals surface area contributed by atoms with Gasteiger partial charge in [0, 0.05) is 25.2 Å². The summed E-state index contributed by atoms with van der Waals surface area (Å²) in [4.78, 5) is 12.5. The van der Waals surface area contributed by atoms with Crippen molar-refractivity contribution in [1.82, 2.24) is 4.90 Å². The quantitative estimate of drug-likeness (QED) is 0.571. The van der Waals surface area contributed by atoms with Gasteiger partial charge in [-0.2, -0.15) is 0 Å². The van der Waals surface area contributed by atoms with Gasteiger partial charge in [0.2, 0.25) is 0 Å². The zero-order valence-electron chi connectivity index (χ0n) is 10.1. The second-order valence-electron chi connectivity index (χ2n) is 3.51. The minimum absolute atomic E-state index is 0.196. The molecule has 16 heavy (non-hydrogen) atoms. The third kappa shape index (κ3) is 2.58. The molecule has 0 atom stereocenters. The van der Waals surface area contributed by atoms with Crippen molar-refractivity contribution in [2.75, 3.05) is 6.54 Å². The summed E-state index contributed by atoms with van der Waals surface area (Å²) in [6, 6.07) is 5.13. The summed E-state index contributed by atoms with van der Waals surface area (Å²) >= 11 is 0. The molecule has 1 heterocycles. The molecule has 0 N–H and O–H groups in total. The summed E-state index contributed by atoms with van der Waals surface area (Å²) in [6.07, 6.45) is 0. The van der Waals surface area contributed by atoms with Gasteiger partial charge < -0.3 is 0 Å². The van der Waals surface area contributed by atoms with E-state index < -0.39 is 0 Å². The first-order valence-corrected chi connectivity index (χ1v) is 5.69. The fraction of sp³-hybridized carbons (Fsp3) is 0.500. The van der Waals surface area contributed by atoms with Gasteiger partial charge in [-0.3, -0.25) is 15.0 Å². The molecule has 4 nitrogen and oxygen atoms in total. The third-order valence-electron chi connectivity index (χ3n) is 2.64. The van der Waals surface area contributed by atoms with Crippen LogP contribution in [0.4, 0.5) is 5.69 Å². The van der Waals surface area contributed by atoms with Crippen LogP contribution in [0, 0.1) is 10.1 Å². The van der Waals surface area contributed by atoms with Crippen LogP contribution in [0.1, 0.15) is 31.9 Å². The molecule has 0 amide bonds. The molecule has 0 saturated heterocycles. The van der Waals surface area contributed by atoms with Crippen LogP contribution in [-0.4, -0.2) is 16.4 Å². The van der Waals surface area contributed by atoms with Crippen LogP contribution < -0.4 is 0 Å². The van der Waals surface area contributed by atoms with Crippen molar-refractivity contribution in [2.24, 2.45) is 0 Å². The second-order valence-corrected chi connectivity index (χ2v) is 3.51. The number of nitro groups is 1. The number of nitro benzene ring substituents is 1. The van der Waals surface area contributed by atoms with Gasteiger partial charge in [-0.25, -0.2) is 0 Å². The molecule has 0 bridgehead atoms. The molecule has 0 spiro atoms. The molecule has 0 radical (unpaired) electrons. The molecule has 1 aromatic rings. The fourth-order valence-corrected chi connectivity index (χ4v) is 1.79. The summed E-state index contributed by atoms with van der Waals surface area (Å²) in [5, 5.41) is 10.5. The van der Waals surface area contributed by atoms with E-state index in [1.54, 1.807) is 12.1 Å². The molecule has 2 rings (SSSR count). The highest BCUT2D eigenvalue weighted by Gasteiger charge is 2.19. The van der Waals surface area contributed by atoms with Gasteiger partial charge in [-0.15, -0.1) is 0 Å². The number of nitrogens with zero attached hydrogens (tertiary/aromatic N) is 2. The summed E-state index contributed by atoms with van der Waals surface area (Å²) in [5.41, 5.74) is 2.51. The Hall–Kier alpha value is -1.42. The van der Waals surface area contributed by atoms with Crippen molar-refractivity contribution in [3.8, 4) is 0 Å². The third-order valence-corrected chi connectivity index (χ3v) is 2.64. The van der Waals surface area contributed by atoms with Gasteiger partial charge in [0.25, 0.3) is 5.69 Å². The molecule has 4 heteroatoms. The van der Waals surface area contributed by atoms with Crippen molar-refractivity contribution >= 4 is 5.69 Å². The summed E-state index contributed by atoms with van der Waals surface area (Å²) in [6.45, 7) is 8.85. The van der Waals surface area contributed by atoms with Crippen molar-refractivity contribution < 1.29 is 4.92 Å². The lowest BCUT2D eigenvalue weighted by atomic mass is 10.1.